The van der Waals surface area contributed by atoms with Crippen molar-refractivity contribution in [1.82, 2.24) is 39.0 Å². The highest BCUT2D eigenvalue weighted by Crippen LogP contribution is 2.42. The summed E-state index contributed by atoms with van der Waals surface area (Å²) in [6, 6.07) is 11.6. The first-order chi connectivity index (χ1) is 30.4. The molecule has 15 nitrogen and oxygen atoms in total. The van der Waals surface area contributed by atoms with Crippen LogP contribution in [0.3, 0.4) is 0 Å². The van der Waals surface area contributed by atoms with Gasteiger partial charge in [-0.15, -0.1) is 0 Å². The largest absolute Gasteiger partial charge is 0.433 e. The normalized spacial score (nSPS) is 21.9. The molecule has 0 radical (unpaired) electrons. The number of aryl methyl sites for hydroxylation is 1. The molecule has 4 amide bonds. The van der Waals surface area contributed by atoms with Gasteiger partial charge in [0.25, 0.3) is 5.91 Å². The monoisotopic (exact) mass is 883 g/mol. The molecule has 4 aliphatic rings. The number of pyridine rings is 1. The smallest absolute Gasteiger partial charge is 0.386 e. The van der Waals surface area contributed by atoms with Crippen LogP contribution in [-0.2, 0) is 39.6 Å². The fraction of sp³-hybridized carbons (Fsp3) is 0.500. The lowest BCUT2D eigenvalue weighted by molar-refractivity contribution is -0.142. The third-order valence-corrected chi connectivity index (χ3v) is 13.9. The number of nitrogens with zero attached hydrogens (tertiary/aromatic N) is 7. The lowest BCUT2D eigenvalue weighted by atomic mass is 9.71. The first kappa shape index (κ1) is 43.4. The number of hydrogen-bond acceptors (Lipinski definition) is 9. The first-order valence-corrected chi connectivity index (χ1v) is 22.0. The molecule has 9 rings (SSSR count). The van der Waals surface area contributed by atoms with Gasteiger partial charge in [0.05, 0.1) is 28.2 Å². The molecular weight excluding hydrogens is 832 g/mol. The van der Waals surface area contributed by atoms with Gasteiger partial charge in [0.15, 0.2) is 0 Å². The van der Waals surface area contributed by atoms with E-state index in [9.17, 15) is 42.3 Å². The molecule has 6 heterocycles. The van der Waals surface area contributed by atoms with E-state index < -0.39 is 41.0 Å². The minimum Gasteiger partial charge on any atom is -0.386 e. The maximum Gasteiger partial charge on any atom is 0.433 e. The molecule has 1 aliphatic carbocycles. The number of benzene rings is 2. The fourth-order valence-electron chi connectivity index (χ4n) is 10.4. The van der Waals surface area contributed by atoms with Crippen molar-refractivity contribution in [2.24, 2.45) is 18.4 Å². The third kappa shape index (κ3) is 8.21. The van der Waals surface area contributed by atoms with E-state index in [2.05, 4.69) is 20.5 Å². The number of carbonyl (C=O) groups is 4. The number of likely N-dealkylation sites (tertiary alicyclic amines) is 2. The Bertz CT molecular complexity index is 2730. The molecule has 5 aromatic rings. The van der Waals surface area contributed by atoms with Crippen molar-refractivity contribution in [3.05, 3.63) is 87.7 Å². The van der Waals surface area contributed by atoms with E-state index in [1.54, 1.807) is 37.6 Å². The Balaban J connectivity index is 0.774. The first-order valence-electron chi connectivity index (χ1n) is 22.0. The van der Waals surface area contributed by atoms with Crippen LogP contribution in [0.5, 0.6) is 0 Å². The van der Waals surface area contributed by atoms with Crippen molar-refractivity contribution in [2.75, 3.05) is 38.0 Å². The topological polar surface area (TPSA) is 177 Å². The van der Waals surface area contributed by atoms with Gasteiger partial charge in [-0.1, -0.05) is 18.2 Å². The van der Waals surface area contributed by atoms with Crippen LogP contribution >= 0.6 is 0 Å². The summed E-state index contributed by atoms with van der Waals surface area (Å²) >= 11 is 0. The SMILES string of the molecule is Cn1c(=O)n(C2CCC(=O)NC2=O)c2cccc(CCN3CC4(CCN(C(=O)[C@H]5CC[C@H](n6cc7cc(NC(=O)c8cccc(C(F)(F)F)n8)c(C(C)(C)O)cc7n6)CC5)CC4)C3)c21. The van der Waals surface area contributed by atoms with Crippen molar-refractivity contribution < 1.29 is 37.5 Å². The zero-order valence-corrected chi connectivity index (χ0v) is 36.1. The number of rotatable bonds is 9. The minimum absolute atomic E-state index is 0.0436. The number of halogens is 3. The molecule has 18 heteroatoms. The highest BCUT2D eigenvalue weighted by atomic mass is 19.4. The van der Waals surface area contributed by atoms with Crippen LogP contribution in [-0.4, -0.2) is 95.2 Å². The molecule has 1 saturated carbocycles. The van der Waals surface area contributed by atoms with Crippen LogP contribution < -0.4 is 16.3 Å². The lowest BCUT2D eigenvalue weighted by Gasteiger charge is -2.54. The number of anilines is 1. The minimum atomic E-state index is -4.71. The number of carbonyl (C=O) groups excluding carboxylic acids is 4. The van der Waals surface area contributed by atoms with E-state index >= 15 is 0 Å². The van der Waals surface area contributed by atoms with E-state index in [1.165, 1.54) is 10.6 Å². The summed E-state index contributed by atoms with van der Waals surface area (Å²) in [5.41, 5.74) is 0.627. The zero-order valence-electron chi connectivity index (χ0n) is 36.1. The van der Waals surface area contributed by atoms with Gasteiger partial charge < -0.3 is 20.2 Å². The molecular formula is C46H52F3N9O6. The second-order valence-corrected chi connectivity index (χ2v) is 18.7. The molecule has 1 spiro atoms. The van der Waals surface area contributed by atoms with E-state index in [0.717, 1.165) is 101 Å². The zero-order chi connectivity index (χ0) is 45.3. The molecule has 3 N–H and O–H groups in total. The molecule has 4 fully saturated rings. The van der Waals surface area contributed by atoms with Crippen molar-refractivity contribution >= 4 is 51.3 Å². The summed E-state index contributed by atoms with van der Waals surface area (Å²) in [7, 11) is 1.73. The summed E-state index contributed by atoms with van der Waals surface area (Å²) in [5.74, 6) is -1.46. The fourth-order valence-corrected chi connectivity index (χ4v) is 10.4. The van der Waals surface area contributed by atoms with E-state index in [-0.39, 0.29) is 47.0 Å². The Kier molecular flexibility index (Phi) is 11.0. The molecule has 1 unspecified atom stereocenters. The Morgan fingerprint density at radius 1 is 0.969 bits per heavy atom. The quantitative estimate of drug-likeness (QED) is 0.162. The number of piperidine rings is 2. The highest BCUT2D eigenvalue weighted by molar-refractivity contribution is 6.04. The molecule has 3 aromatic heterocycles. The maximum atomic E-state index is 13.8. The number of para-hydroxylation sites is 1. The number of imidazole rings is 1. The number of fused-ring (bicyclic) bond motifs is 2. The molecule has 3 saturated heterocycles. The van der Waals surface area contributed by atoms with Gasteiger partial charge in [-0.3, -0.25) is 38.3 Å². The van der Waals surface area contributed by atoms with Crippen LogP contribution in [0, 0.1) is 11.3 Å². The van der Waals surface area contributed by atoms with Crippen LogP contribution in [0.15, 0.2) is 59.5 Å². The summed E-state index contributed by atoms with van der Waals surface area (Å²) in [6.45, 7) is 7.32. The van der Waals surface area contributed by atoms with Crippen LogP contribution in [0.4, 0.5) is 18.9 Å². The van der Waals surface area contributed by atoms with Crippen molar-refractivity contribution in [1.29, 1.82) is 0 Å². The van der Waals surface area contributed by atoms with Gasteiger partial charge in [-0.05, 0) is 107 Å². The molecule has 1 atom stereocenters. The Morgan fingerprint density at radius 2 is 1.69 bits per heavy atom. The standard InChI is InChI=1S/C46H52F3N9O6/c1-44(2,64)31-23-33-29(22-34(31)51-40(60)32-7-5-9-37(50-32)46(47,48)49)24-57(53-33)30-12-10-28(11-13-30)42(62)56-20-17-45(18-21-56)25-55(26-45)19-16-27-6-4-8-35-39(27)54(3)43(63)58(35)36-14-15-38(59)52-41(36)61/h4-9,22-24,28,30,36,64H,10-21,25-26H2,1-3H3,(H,51,60)(H,52,59,61)/t28-,30-,36?. The Morgan fingerprint density at radius 3 is 2.38 bits per heavy atom. The Hall–Kier alpha value is -5.88. The molecule has 64 heavy (non-hydrogen) atoms. The number of imide groups is 1. The van der Waals surface area contributed by atoms with Crippen LogP contribution in [0.1, 0.15) is 105 Å². The van der Waals surface area contributed by atoms with E-state index in [4.69, 9.17) is 5.10 Å². The average molecular weight is 884 g/mol. The second-order valence-electron chi connectivity index (χ2n) is 18.7. The van der Waals surface area contributed by atoms with Crippen LogP contribution in [0.2, 0.25) is 0 Å². The van der Waals surface area contributed by atoms with Crippen molar-refractivity contribution in [2.45, 2.75) is 95.5 Å². The van der Waals surface area contributed by atoms with Gasteiger partial charge in [-0.2, -0.15) is 18.3 Å². The number of alkyl halides is 3. The number of amides is 4. The van der Waals surface area contributed by atoms with Gasteiger partial charge in [0, 0.05) is 74.9 Å². The summed E-state index contributed by atoms with van der Waals surface area (Å²) in [4.78, 5) is 72.7. The number of aromatic nitrogens is 5. The molecule has 0 bridgehead atoms. The second kappa shape index (κ2) is 16.3. The Labute approximate surface area is 366 Å². The van der Waals surface area contributed by atoms with Gasteiger partial charge in [0.1, 0.15) is 17.4 Å². The predicted molar refractivity (Wildman–Crippen MR) is 230 cm³/mol. The van der Waals surface area contributed by atoms with Crippen molar-refractivity contribution in [3.63, 3.8) is 0 Å². The summed E-state index contributed by atoms with van der Waals surface area (Å²) < 4.78 is 44.9. The van der Waals surface area contributed by atoms with E-state index in [1.807, 2.05) is 34.0 Å². The van der Waals surface area contributed by atoms with E-state index in [0.29, 0.717) is 28.4 Å². The molecule has 3 aliphatic heterocycles. The molecule has 338 valence electrons. The summed E-state index contributed by atoms with van der Waals surface area (Å²) in [6.07, 6.45) is 3.25. The predicted octanol–water partition coefficient (Wildman–Crippen LogP) is 5.46. The maximum absolute atomic E-state index is 13.8. The number of hydrogen-bond donors (Lipinski definition) is 3. The lowest BCUT2D eigenvalue weighted by Crippen LogP contribution is -2.61. The number of nitrogens with one attached hydrogen (secondary N) is 2. The highest BCUT2D eigenvalue weighted by Gasteiger charge is 2.46. The van der Waals surface area contributed by atoms with Gasteiger partial charge in [-0.25, -0.2) is 9.78 Å². The average Bonchev–Trinajstić information content (AvgIpc) is 3.78. The third-order valence-electron chi connectivity index (χ3n) is 13.9. The molecule has 2 aromatic carbocycles. The summed E-state index contributed by atoms with van der Waals surface area (Å²) in [5, 5.41) is 21.5. The van der Waals surface area contributed by atoms with Crippen molar-refractivity contribution in [3.8, 4) is 0 Å². The van der Waals surface area contributed by atoms with Gasteiger partial charge >= 0.3 is 11.9 Å². The number of aliphatic hydroxyl groups is 1. The van der Waals surface area contributed by atoms with Crippen LogP contribution in [0.25, 0.3) is 21.9 Å². The van der Waals surface area contributed by atoms with Gasteiger partial charge in [0.2, 0.25) is 17.7 Å².